The van der Waals surface area contributed by atoms with Gasteiger partial charge in [0.2, 0.25) is 0 Å². The standard InChI is InChI=1S/C18H25F4N3O2/c1-17(2,24-10-15(26)13-6-14(19)9-23-8-13)7-12-4-3-5-25(11-12)16(27)18(20,21)22/h6,8-9,12,15,24,26H,3-5,7,10-11H2,1-2H3/t12-,15-/m0/s1. The van der Waals surface area contributed by atoms with Crippen LogP contribution in [-0.4, -0.2) is 52.2 Å². The SMILES string of the molecule is CC(C)(C[C@@H]1CCCN(C(=O)C(F)(F)F)C1)NC[C@H](O)c1cncc(F)c1. The molecule has 2 N–H and O–H groups in total. The van der Waals surface area contributed by atoms with E-state index in [9.17, 15) is 27.5 Å². The predicted octanol–water partition coefficient (Wildman–Crippen LogP) is 2.81. The van der Waals surface area contributed by atoms with E-state index in [0.29, 0.717) is 18.4 Å². The lowest BCUT2D eigenvalue weighted by atomic mass is 9.85. The first-order valence-corrected chi connectivity index (χ1v) is 8.87. The van der Waals surface area contributed by atoms with E-state index in [4.69, 9.17) is 0 Å². The molecule has 1 aromatic rings. The van der Waals surface area contributed by atoms with E-state index in [-0.39, 0.29) is 25.6 Å². The predicted molar refractivity (Wildman–Crippen MR) is 91.2 cm³/mol. The van der Waals surface area contributed by atoms with Crippen molar-refractivity contribution in [3.63, 3.8) is 0 Å². The lowest BCUT2D eigenvalue weighted by Gasteiger charge is -2.38. The van der Waals surface area contributed by atoms with E-state index in [2.05, 4.69) is 10.3 Å². The molecule has 9 heteroatoms. The molecule has 0 saturated carbocycles. The zero-order valence-corrected chi connectivity index (χ0v) is 15.4. The summed E-state index contributed by atoms with van der Waals surface area (Å²) in [6.07, 6.45) is -1.57. The van der Waals surface area contributed by atoms with Crippen molar-refractivity contribution in [3.05, 3.63) is 29.8 Å². The van der Waals surface area contributed by atoms with Crippen LogP contribution in [0.5, 0.6) is 0 Å². The fourth-order valence-corrected chi connectivity index (χ4v) is 3.49. The van der Waals surface area contributed by atoms with Crippen molar-refractivity contribution in [2.24, 2.45) is 5.92 Å². The van der Waals surface area contributed by atoms with Crippen LogP contribution in [0.1, 0.15) is 44.8 Å². The van der Waals surface area contributed by atoms with E-state index < -0.39 is 29.5 Å². The molecule has 1 amide bonds. The molecule has 2 heterocycles. The average Bonchev–Trinajstić information content (AvgIpc) is 2.58. The Bertz CT molecular complexity index is 652. The van der Waals surface area contributed by atoms with Crippen molar-refractivity contribution in [2.75, 3.05) is 19.6 Å². The molecule has 0 spiro atoms. The number of hydrogen-bond donors (Lipinski definition) is 2. The molecule has 2 atom stereocenters. The van der Waals surface area contributed by atoms with Crippen LogP contribution in [0.15, 0.2) is 18.5 Å². The minimum absolute atomic E-state index is 0.0690. The maximum absolute atomic E-state index is 13.2. The molecule has 0 bridgehead atoms. The number of aliphatic hydroxyl groups excluding tert-OH is 1. The topological polar surface area (TPSA) is 65.5 Å². The third kappa shape index (κ3) is 6.42. The van der Waals surface area contributed by atoms with Gasteiger partial charge in [-0.3, -0.25) is 9.78 Å². The van der Waals surface area contributed by atoms with E-state index in [1.165, 1.54) is 12.3 Å². The Hall–Kier alpha value is -1.74. The number of halogens is 4. The fourth-order valence-electron chi connectivity index (χ4n) is 3.49. The van der Waals surface area contributed by atoms with Crippen molar-refractivity contribution >= 4 is 5.91 Å². The summed E-state index contributed by atoms with van der Waals surface area (Å²) in [4.78, 5) is 16.0. The quantitative estimate of drug-likeness (QED) is 0.732. The average molecular weight is 391 g/mol. The van der Waals surface area contributed by atoms with Gasteiger partial charge in [0.1, 0.15) is 5.82 Å². The highest BCUT2D eigenvalue weighted by Crippen LogP contribution is 2.28. The van der Waals surface area contributed by atoms with Crippen molar-refractivity contribution in [2.45, 2.75) is 50.9 Å². The summed E-state index contributed by atoms with van der Waals surface area (Å²) in [6.45, 7) is 4.10. The summed E-state index contributed by atoms with van der Waals surface area (Å²) in [5.41, 5.74) is -0.130. The van der Waals surface area contributed by atoms with Crippen LogP contribution in [0.4, 0.5) is 17.6 Å². The van der Waals surface area contributed by atoms with Crippen LogP contribution in [0.25, 0.3) is 0 Å². The molecule has 152 valence electrons. The number of pyridine rings is 1. The Morgan fingerprint density at radius 1 is 1.41 bits per heavy atom. The highest BCUT2D eigenvalue weighted by atomic mass is 19.4. The Morgan fingerprint density at radius 3 is 2.74 bits per heavy atom. The van der Waals surface area contributed by atoms with Crippen molar-refractivity contribution in [3.8, 4) is 0 Å². The van der Waals surface area contributed by atoms with Crippen LogP contribution >= 0.6 is 0 Å². The molecule has 0 unspecified atom stereocenters. The van der Waals surface area contributed by atoms with E-state index in [1.807, 2.05) is 13.8 Å². The number of carbonyl (C=O) groups excluding carboxylic acids is 1. The number of β-amino-alcohol motifs (C(OH)–C–C–N with tert-alkyl or cyclic N) is 1. The maximum atomic E-state index is 13.2. The zero-order valence-electron chi connectivity index (χ0n) is 15.4. The van der Waals surface area contributed by atoms with Gasteiger partial charge in [-0.25, -0.2) is 4.39 Å². The Kier molecular flexibility index (Phi) is 6.80. The zero-order chi connectivity index (χ0) is 20.2. The second kappa shape index (κ2) is 8.52. The minimum atomic E-state index is -4.85. The van der Waals surface area contributed by atoms with E-state index in [0.717, 1.165) is 17.5 Å². The van der Waals surface area contributed by atoms with Gasteiger partial charge in [-0.1, -0.05) is 0 Å². The smallest absolute Gasteiger partial charge is 0.387 e. The van der Waals surface area contributed by atoms with Crippen molar-refractivity contribution < 1.29 is 27.5 Å². The number of hydrogen-bond acceptors (Lipinski definition) is 4. The summed E-state index contributed by atoms with van der Waals surface area (Å²) in [5, 5.41) is 13.3. The molecule has 1 fully saturated rings. The molecule has 0 radical (unpaired) electrons. The third-order valence-electron chi connectivity index (χ3n) is 4.73. The molecule has 2 rings (SSSR count). The lowest BCUT2D eigenvalue weighted by molar-refractivity contribution is -0.187. The maximum Gasteiger partial charge on any atom is 0.471 e. The Morgan fingerprint density at radius 2 is 2.11 bits per heavy atom. The lowest BCUT2D eigenvalue weighted by Crippen LogP contribution is -2.49. The van der Waals surface area contributed by atoms with Gasteiger partial charge >= 0.3 is 12.1 Å². The largest absolute Gasteiger partial charge is 0.471 e. The second-order valence-electron chi connectivity index (χ2n) is 7.68. The van der Waals surface area contributed by atoms with Gasteiger partial charge in [0.15, 0.2) is 0 Å². The van der Waals surface area contributed by atoms with Gasteiger partial charge in [0.25, 0.3) is 0 Å². The van der Waals surface area contributed by atoms with Gasteiger partial charge < -0.3 is 15.3 Å². The molecule has 1 aliphatic rings. The molecule has 27 heavy (non-hydrogen) atoms. The summed E-state index contributed by atoms with van der Waals surface area (Å²) in [5.74, 6) is -2.39. The number of alkyl halides is 3. The third-order valence-corrected chi connectivity index (χ3v) is 4.73. The number of piperidine rings is 1. The molecular weight excluding hydrogens is 366 g/mol. The van der Waals surface area contributed by atoms with Gasteiger partial charge in [-0.15, -0.1) is 0 Å². The molecule has 1 aliphatic heterocycles. The molecule has 5 nitrogen and oxygen atoms in total. The Labute approximate surface area is 155 Å². The first-order chi connectivity index (χ1) is 12.5. The van der Waals surface area contributed by atoms with Gasteiger partial charge in [0.05, 0.1) is 12.3 Å². The van der Waals surface area contributed by atoms with Crippen LogP contribution in [0, 0.1) is 11.7 Å². The number of aliphatic hydroxyl groups is 1. The summed E-state index contributed by atoms with van der Waals surface area (Å²) in [7, 11) is 0. The molecule has 0 aromatic carbocycles. The first kappa shape index (κ1) is 21.6. The number of nitrogens with zero attached hydrogens (tertiary/aromatic N) is 2. The highest BCUT2D eigenvalue weighted by Gasteiger charge is 2.44. The normalized spacial score (nSPS) is 19.8. The summed E-state index contributed by atoms with van der Waals surface area (Å²) in [6, 6.07) is 1.20. The highest BCUT2D eigenvalue weighted by molar-refractivity contribution is 5.81. The molecule has 1 saturated heterocycles. The first-order valence-electron chi connectivity index (χ1n) is 8.87. The number of nitrogens with one attached hydrogen (secondary N) is 1. The molecule has 1 aromatic heterocycles. The number of likely N-dealkylation sites (tertiary alicyclic amines) is 1. The van der Waals surface area contributed by atoms with Gasteiger partial charge in [-0.05, 0) is 45.1 Å². The number of aromatic nitrogens is 1. The monoisotopic (exact) mass is 391 g/mol. The minimum Gasteiger partial charge on any atom is -0.387 e. The van der Waals surface area contributed by atoms with Crippen molar-refractivity contribution in [1.82, 2.24) is 15.2 Å². The van der Waals surface area contributed by atoms with Crippen LogP contribution < -0.4 is 5.32 Å². The number of amides is 1. The van der Waals surface area contributed by atoms with Gasteiger partial charge in [0, 0.05) is 36.9 Å². The number of rotatable bonds is 6. The van der Waals surface area contributed by atoms with E-state index >= 15 is 0 Å². The van der Waals surface area contributed by atoms with Crippen LogP contribution in [-0.2, 0) is 4.79 Å². The molecule has 0 aliphatic carbocycles. The summed E-state index contributed by atoms with van der Waals surface area (Å²) < 4.78 is 51.1. The van der Waals surface area contributed by atoms with Crippen LogP contribution in [0.2, 0.25) is 0 Å². The fraction of sp³-hybridized carbons (Fsp3) is 0.667. The second-order valence-corrected chi connectivity index (χ2v) is 7.68. The Balaban J connectivity index is 1.88. The number of carbonyl (C=O) groups is 1. The van der Waals surface area contributed by atoms with Crippen molar-refractivity contribution in [1.29, 1.82) is 0 Å². The van der Waals surface area contributed by atoms with E-state index in [1.54, 1.807) is 0 Å². The summed E-state index contributed by atoms with van der Waals surface area (Å²) >= 11 is 0. The van der Waals surface area contributed by atoms with Gasteiger partial charge in [-0.2, -0.15) is 13.2 Å². The van der Waals surface area contributed by atoms with Crippen LogP contribution in [0.3, 0.4) is 0 Å². The molecular formula is C18H25F4N3O2.